The standard InChI is InChI=1S/C21H24N6O2/c1-28-17-9-10-18(19(13-17)29-2)24-21-25-20(14-22-26-21)23-15-5-7-16(8-6-15)27-11-3-4-12-27/h5-10,13-14H,3-4,11-12H2,1-2H3,(H2,23,24,25,26). The lowest BCUT2D eigenvalue weighted by molar-refractivity contribution is 0.395. The first-order valence-corrected chi connectivity index (χ1v) is 9.56. The molecule has 2 aromatic carbocycles. The van der Waals surface area contributed by atoms with Crippen LogP contribution in [0.4, 0.5) is 28.8 Å². The van der Waals surface area contributed by atoms with Crippen LogP contribution >= 0.6 is 0 Å². The first kappa shape index (κ1) is 18.8. The molecule has 0 spiro atoms. The van der Waals surface area contributed by atoms with Crippen LogP contribution in [0.25, 0.3) is 0 Å². The zero-order valence-electron chi connectivity index (χ0n) is 16.6. The Morgan fingerprint density at radius 3 is 2.45 bits per heavy atom. The Balaban J connectivity index is 1.46. The van der Waals surface area contributed by atoms with Crippen molar-refractivity contribution in [3.63, 3.8) is 0 Å². The average molecular weight is 392 g/mol. The molecule has 0 bridgehead atoms. The van der Waals surface area contributed by atoms with E-state index in [1.54, 1.807) is 26.5 Å². The van der Waals surface area contributed by atoms with Gasteiger partial charge in [-0.1, -0.05) is 0 Å². The van der Waals surface area contributed by atoms with Crippen LogP contribution in [0.15, 0.2) is 48.7 Å². The SMILES string of the molecule is COc1ccc(Nc2nncc(Nc3ccc(N4CCCC4)cc3)n2)c(OC)c1. The van der Waals surface area contributed by atoms with Crippen LogP contribution in [0.3, 0.4) is 0 Å². The Labute approximate surface area is 169 Å². The van der Waals surface area contributed by atoms with Gasteiger partial charge in [0.1, 0.15) is 11.5 Å². The van der Waals surface area contributed by atoms with Gasteiger partial charge in [-0.2, -0.15) is 10.1 Å². The topological polar surface area (TPSA) is 84.4 Å². The maximum absolute atomic E-state index is 5.40. The predicted octanol–water partition coefficient (Wildman–Crippen LogP) is 3.98. The molecule has 8 nitrogen and oxygen atoms in total. The summed E-state index contributed by atoms with van der Waals surface area (Å²) < 4.78 is 10.6. The molecule has 1 aliphatic rings. The van der Waals surface area contributed by atoms with Gasteiger partial charge >= 0.3 is 0 Å². The number of benzene rings is 2. The fourth-order valence-corrected chi connectivity index (χ4v) is 3.32. The van der Waals surface area contributed by atoms with Crippen LogP contribution in [-0.4, -0.2) is 42.5 Å². The number of nitrogens with zero attached hydrogens (tertiary/aromatic N) is 4. The van der Waals surface area contributed by atoms with Crippen molar-refractivity contribution in [3.05, 3.63) is 48.7 Å². The molecule has 0 radical (unpaired) electrons. The van der Waals surface area contributed by atoms with Crippen LogP contribution in [0.5, 0.6) is 11.5 Å². The zero-order valence-corrected chi connectivity index (χ0v) is 16.6. The van der Waals surface area contributed by atoms with E-state index in [4.69, 9.17) is 9.47 Å². The van der Waals surface area contributed by atoms with Gasteiger partial charge < -0.3 is 25.0 Å². The zero-order chi connectivity index (χ0) is 20.1. The number of hydrogen-bond donors (Lipinski definition) is 2. The third-order valence-electron chi connectivity index (χ3n) is 4.82. The van der Waals surface area contributed by atoms with E-state index in [0.717, 1.165) is 24.5 Å². The molecule has 0 amide bonds. The first-order valence-electron chi connectivity index (χ1n) is 9.56. The van der Waals surface area contributed by atoms with Crippen LogP contribution in [0, 0.1) is 0 Å². The highest BCUT2D eigenvalue weighted by Crippen LogP contribution is 2.31. The van der Waals surface area contributed by atoms with E-state index in [0.29, 0.717) is 23.3 Å². The summed E-state index contributed by atoms with van der Waals surface area (Å²) in [5.74, 6) is 2.30. The van der Waals surface area contributed by atoms with E-state index in [-0.39, 0.29) is 0 Å². The van der Waals surface area contributed by atoms with Crippen LogP contribution < -0.4 is 25.0 Å². The Hall–Kier alpha value is -3.55. The summed E-state index contributed by atoms with van der Waals surface area (Å²) in [5.41, 5.74) is 2.92. The van der Waals surface area contributed by atoms with Gasteiger partial charge in [-0.25, -0.2) is 0 Å². The van der Waals surface area contributed by atoms with Gasteiger partial charge in [0.05, 0.1) is 26.1 Å². The highest BCUT2D eigenvalue weighted by Gasteiger charge is 2.12. The number of aromatic nitrogens is 3. The maximum atomic E-state index is 5.40. The lowest BCUT2D eigenvalue weighted by Gasteiger charge is -2.17. The second kappa shape index (κ2) is 8.64. The fourth-order valence-electron chi connectivity index (χ4n) is 3.32. The summed E-state index contributed by atoms with van der Waals surface area (Å²) in [4.78, 5) is 6.89. The third kappa shape index (κ3) is 4.48. The second-order valence-corrected chi connectivity index (χ2v) is 6.72. The van der Waals surface area contributed by atoms with Crippen molar-refractivity contribution < 1.29 is 9.47 Å². The van der Waals surface area contributed by atoms with Gasteiger partial charge in [-0.05, 0) is 49.2 Å². The van der Waals surface area contributed by atoms with E-state index in [1.807, 2.05) is 12.1 Å². The van der Waals surface area contributed by atoms with Crippen molar-refractivity contribution in [2.75, 3.05) is 42.8 Å². The summed E-state index contributed by atoms with van der Waals surface area (Å²) in [7, 11) is 3.21. The minimum Gasteiger partial charge on any atom is -0.497 e. The van der Waals surface area contributed by atoms with Crippen LogP contribution in [-0.2, 0) is 0 Å². The quantitative estimate of drug-likeness (QED) is 0.625. The minimum absolute atomic E-state index is 0.368. The van der Waals surface area contributed by atoms with Gasteiger partial charge in [-0.3, -0.25) is 0 Å². The molecule has 150 valence electrons. The molecule has 4 rings (SSSR count). The molecule has 1 aliphatic heterocycles. The maximum Gasteiger partial charge on any atom is 0.249 e. The Morgan fingerprint density at radius 2 is 1.72 bits per heavy atom. The summed E-state index contributed by atoms with van der Waals surface area (Å²) in [5, 5.41) is 14.5. The van der Waals surface area contributed by atoms with E-state index in [9.17, 15) is 0 Å². The van der Waals surface area contributed by atoms with E-state index >= 15 is 0 Å². The van der Waals surface area contributed by atoms with Gasteiger partial charge in [0.2, 0.25) is 5.95 Å². The molecule has 1 aromatic heterocycles. The highest BCUT2D eigenvalue weighted by atomic mass is 16.5. The molecule has 1 saturated heterocycles. The van der Waals surface area contributed by atoms with E-state index in [2.05, 4.69) is 55.0 Å². The number of methoxy groups -OCH3 is 2. The first-order chi connectivity index (χ1) is 14.2. The molecule has 0 unspecified atom stereocenters. The van der Waals surface area contributed by atoms with Crippen molar-refractivity contribution in [3.8, 4) is 11.5 Å². The number of ether oxygens (including phenoxy) is 2. The van der Waals surface area contributed by atoms with Crippen molar-refractivity contribution in [2.24, 2.45) is 0 Å². The van der Waals surface area contributed by atoms with E-state index < -0.39 is 0 Å². The average Bonchev–Trinajstić information content (AvgIpc) is 3.30. The van der Waals surface area contributed by atoms with Gasteiger partial charge in [0.15, 0.2) is 5.82 Å². The summed E-state index contributed by atoms with van der Waals surface area (Å²) >= 11 is 0. The number of nitrogens with one attached hydrogen (secondary N) is 2. The molecule has 8 heteroatoms. The molecule has 2 heterocycles. The van der Waals surface area contributed by atoms with E-state index in [1.165, 1.54) is 18.5 Å². The minimum atomic E-state index is 0.368. The number of anilines is 5. The van der Waals surface area contributed by atoms with Gasteiger partial charge in [0.25, 0.3) is 0 Å². The van der Waals surface area contributed by atoms with Crippen molar-refractivity contribution in [1.29, 1.82) is 0 Å². The molecule has 0 atom stereocenters. The Morgan fingerprint density at radius 1 is 0.931 bits per heavy atom. The second-order valence-electron chi connectivity index (χ2n) is 6.72. The molecule has 1 fully saturated rings. The third-order valence-corrected chi connectivity index (χ3v) is 4.82. The Bertz CT molecular complexity index is 958. The molecular formula is C21H24N6O2. The van der Waals surface area contributed by atoms with Crippen molar-refractivity contribution in [2.45, 2.75) is 12.8 Å². The fraction of sp³-hybridized carbons (Fsp3) is 0.286. The van der Waals surface area contributed by atoms with Crippen LogP contribution in [0.1, 0.15) is 12.8 Å². The highest BCUT2D eigenvalue weighted by molar-refractivity contribution is 5.66. The molecule has 2 N–H and O–H groups in total. The normalized spacial score (nSPS) is 13.2. The largest absolute Gasteiger partial charge is 0.497 e. The lowest BCUT2D eigenvalue weighted by atomic mass is 10.2. The lowest BCUT2D eigenvalue weighted by Crippen LogP contribution is -2.17. The van der Waals surface area contributed by atoms with Crippen LogP contribution in [0.2, 0.25) is 0 Å². The summed E-state index contributed by atoms with van der Waals surface area (Å²) in [6.07, 6.45) is 4.12. The summed E-state index contributed by atoms with van der Waals surface area (Å²) in [6, 6.07) is 13.8. The predicted molar refractivity (Wildman–Crippen MR) is 114 cm³/mol. The summed E-state index contributed by atoms with van der Waals surface area (Å²) in [6.45, 7) is 2.26. The number of rotatable bonds is 7. The molecule has 3 aromatic rings. The molecular weight excluding hydrogens is 368 g/mol. The van der Waals surface area contributed by atoms with Gasteiger partial charge in [-0.15, -0.1) is 5.10 Å². The smallest absolute Gasteiger partial charge is 0.249 e. The molecule has 0 aliphatic carbocycles. The van der Waals surface area contributed by atoms with Crippen molar-refractivity contribution >= 4 is 28.8 Å². The number of hydrogen-bond acceptors (Lipinski definition) is 8. The van der Waals surface area contributed by atoms with Gasteiger partial charge in [0, 0.05) is 30.5 Å². The van der Waals surface area contributed by atoms with Crippen molar-refractivity contribution in [1.82, 2.24) is 15.2 Å². The molecule has 0 saturated carbocycles. The monoisotopic (exact) mass is 392 g/mol. The Kier molecular flexibility index (Phi) is 5.60. The molecule has 29 heavy (non-hydrogen) atoms.